The lowest BCUT2D eigenvalue weighted by Gasteiger charge is -2.27. The number of aryl methyl sites for hydroxylation is 1. The Kier molecular flexibility index (Phi) is 5.05. The predicted octanol–water partition coefficient (Wildman–Crippen LogP) is 4.68. The zero-order valence-corrected chi connectivity index (χ0v) is 12.0. The molecular formula is C15H25NS. The molecule has 0 saturated heterocycles. The van der Waals surface area contributed by atoms with Crippen molar-refractivity contribution in [3.8, 4) is 0 Å². The summed E-state index contributed by atoms with van der Waals surface area (Å²) in [4.78, 5) is 1.62. The SMILES string of the molecule is CCCCCC(C)NC1CCCc2sccc21. The zero-order chi connectivity index (χ0) is 12.1. The summed E-state index contributed by atoms with van der Waals surface area (Å²) in [6.45, 7) is 4.62. The molecule has 1 nitrogen and oxygen atoms in total. The van der Waals surface area contributed by atoms with E-state index in [1.165, 1.54) is 44.9 Å². The molecule has 1 aromatic heterocycles. The van der Waals surface area contributed by atoms with Crippen LogP contribution in [0.15, 0.2) is 11.4 Å². The number of hydrogen-bond acceptors (Lipinski definition) is 2. The molecule has 0 amide bonds. The van der Waals surface area contributed by atoms with Crippen LogP contribution in [0.2, 0.25) is 0 Å². The second-order valence-corrected chi connectivity index (χ2v) is 6.31. The lowest BCUT2D eigenvalue weighted by molar-refractivity contribution is 0.389. The first-order valence-electron chi connectivity index (χ1n) is 7.13. The topological polar surface area (TPSA) is 12.0 Å². The Labute approximate surface area is 110 Å². The van der Waals surface area contributed by atoms with Gasteiger partial charge in [0.1, 0.15) is 0 Å². The van der Waals surface area contributed by atoms with Crippen LogP contribution in [-0.2, 0) is 6.42 Å². The first-order valence-corrected chi connectivity index (χ1v) is 8.01. The van der Waals surface area contributed by atoms with Gasteiger partial charge in [-0.3, -0.25) is 0 Å². The van der Waals surface area contributed by atoms with E-state index in [0.29, 0.717) is 12.1 Å². The van der Waals surface area contributed by atoms with Crippen LogP contribution in [-0.4, -0.2) is 6.04 Å². The highest BCUT2D eigenvalue weighted by Gasteiger charge is 2.21. The van der Waals surface area contributed by atoms with E-state index < -0.39 is 0 Å². The normalized spacial score (nSPS) is 21.2. The van der Waals surface area contributed by atoms with Gasteiger partial charge in [-0.2, -0.15) is 0 Å². The van der Waals surface area contributed by atoms with Crippen molar-refractivity contribution in [1.29, 1.82) is 0 Å². The molecule has 0 fully saturated rings. The van der Waals surface area contributed by atoms with E-state index in [1.807, 2.05) is 11.3 Å². The van der Waals surface area contributed by atoms with E-state index in [2.05, 4.69) is 30.6 Å². The molecule has 1 aliphatic rings. The Balaban J connectivity index is 1.84. The molecule has 2 atom stereocenters. The summed E-state index contributed by atoms with van der Waals surface area (Å²) in [5.74, 6) is 0. The molecule has 0 aliphatic heterocycles. The fraction of sp³-hybridized carbons (Fsp3) is 0.733. The number of hydrogen-bond donors (Lipinski definition) is 1. The molecule has 0 radical (unpaired) electrons. The lowest BCUT2D eigenvalue weighted by atomic mass is 9.93. The Bertz CT molecular complexity index is 331. The van der Waals surface area contributed by atoms with Crippen LogP contribution in [0.1, 0.15) is 68.9 Å². The van der Waals surface area contributed by atoms with Gasteiger partial charge in [0.15, 0.2) is 0 Å². The van der Waals surface area contributed by atoms with Crippen molar-refractivity contribution in [2.24, 2.45) is 0 Å². The summed E-state index contributed by atoms with van der Waals surface area (Å²) in [5, 5.41) is 6.08. The number of unbranched alkanes of at least 4 members (excludes halogenated alkanes) is 2. The van der Waals surface area contributed by atoms with E-state index in [1.54, 1.807) is 10.4 Å². The predicted molar refractivity (Wildman–Crippen MR) is 76.7 cm³/mol. The highest BCUT2D eigenvalue weighted by atomic mass is 32.1. The number of fused-ring (bicyclic) bond motifs is 1. The molecule has 0 aromatic carbocycles. The van der Waals surface area contributed by atoms with E-state index in [-0.39, 0.29) is 0 Å². The van der Waals surface area contributed by atoms with Gasteiger partial charge >= 0.3 is 0 Å². The van der Waals surface area contributed by atoms with Gasteiger partial charge in [0.05, 0.1) is 0 Å². The van der Waals surface area contributed by atoms with Crippen LogP contribution in [0.5, 0.6) is 0 Å². The highest BCUT2D eigenvalue weighted by molar-refractivity contribution is 7.10. The van der Waals surface area contributed by atoms with Crippen LogP contribution in [0.3, 0.4) is 0 Å². The van der Waals surface area contributed by atoms with E-state index in [0.717, 1.165) is 0 Å². The minimum absolute atomic E-state index is 0.627. The van der Waals surface area contributed by atoms with Crippen LogP contribution < -0.4 is 5.32 Å². The van der Waals surface area contributed by atoms with Crippen molar-refractivity contribution < 1.29 is 0 Å². The standard InChI is InChI=1S/C15H25NS/c1-3-4-5-7-12(2)16-14-8-6-9-15-13(14)10-11-17-15/h10-12,14,16H,3-9H2,1-2H3. The monoisotopic (exact) mass is 251 g/mol. The highest BCUT2D eigenvalue weighted by Crippen LogP contribution is 2.33. The maximum atomic E-state index is 3.83. The molecule has 0 spiro atoms. The van der Waals surface area contributed by atoms with Gasteiger partial charge in [0.25, 0.3) is 0 Å². The second kappa shape index (κ2) is 6.55. The molecule has 0 saturated carbocycles. The Morgan fingerprint density at radius 3 is 3.18 bits per heavy atom. The summed E-state index contributed by atoms with van der Waals surface area (Å²) in [5.41, 5.74) is 1.59. The lowest BCUT2D eigenvalue weighted by Crippen LogP contribution is -2.32. The molecule has 96 valence electrons. The summed E-state index contributed by atoms with van der Waals surface area (Å²) >= 11 is 1.94. The maximum Gasteiger partial charge on any atom is 0.0333 e. The smallest absolute Gasteiger partial charge is 0.0333 e. The number of nitrogens with one attached hydrogen (secondary N) is 1. The van der Waals surface area contributed by atoms with Gasteiger partial charge < -0.3 is 5.32 Å². The van der Waals surface area contributed by atoms with Gasteiger partial charge in [0, 0.05) is 17.0 Å². The van der Waals surface area contributed by atoms with Gasteiger partial charge in [0.2, 0.25) is 0 Å². The Hall–Kier alpha value is -0.340. The third-order valence-electron chi connectivity index (χ3n) is 3.78. The number of thiophene rings is 1. The fourth-order valence-corrected chi connectivity index (χ4v) is 3.77. The third-order valence-corrected chi connectivity index (χ3v) is 4.77. The first kappa shape index (κ1) is 13.1. The second-order valence-electron chi connectivity index (χ2n) is 5.31. The van der Waals surface area contributed by atoms with Gasteiger partial charge in [-0.1, -0.05) is 26.2 Å². The molecule has 1 aromatic rings. The largest absolute Gasteiger partial charge is 0.307 e. The van der Waals surface area contributed by atoms with Crippen molar-refractivity contribution in [1.82, 2.24) is 5.32 Å². The average Bonchev–Trinajstić information content (AvgIpc) is 2.78. The zero-order valence-electron chi connectivity index (χ0n) is 11.2. The van der Waals surface area contributed by atoms with Crippen molar-refractivity contribution in [2.45, 2.75) is 70.9 Å². The molecule has 17 heavy (non-hydrogen) atoms. The minimum atomic E-state index is 0.627. The molecule has 0 bridgehead atoms. The van der Waals surface area contributed by atoms with E-state index in [9.17, 15) is 0 Å². The molecule has 2 rings (SSSR count). The van der Waals surface area contributed by atoms with E-state index >= 15 is 0 Å². The van der Waals surface area contributed by atoms with Crippen molar-refractivity contribution in [3.05, 3.63) is 21.9 Å². The molecule has 1 N–H and O–H groups in total. The molecular weight excluding hydrogens is 226 g/mol. The van der Waals surface area contributed by atoms with Crippen LogP contribution in [0, 0.1) is 0 Å². The quantitative estimate of drug-likeness (QED) is 0.724. The molecule has 2 heteroatoms. The Morgan fingerprint density at radius 2 is 2.35 bits per heavy atom. The minimum Gasteiger partial charge on any atom is -0.307 e. The van der Waals surface area contributed by atoms with Gasteiger partial charge in [-0.15, -0.1) is 11.3 Å². The van der Waals surface area contributed by atoms with Gasteiger partial charge in [-0.05, 0) is 49.6 Å². The van der Waals surface area contributed by atoms with Crippen molar-refractivity contribution in [3.63, 3.8) is 0 Å². The number of rotatable bonds is 6. The third kappa shape index (κ3) is 3.56. The molecule has 1 aliphatic carbocycles. The average molecular weight is 251 g/mol. The molecule has 2 unspecified atom stereocenters. The van der Waals surface area contributed by atoms with Crippen LogP contribution >= 0.6 is 11.3 Å². The van der Waals surface area contributed by atoms with Crippen LogP contribution in [0.25, 0.3) is 0 Å². The Morgan fingerprint density at radius 1 is 1.47 bits per heavy atom. The van der Waals surface area contributed by atoms with Gasteiger partial charge in [-0.25, -0.2) is 0 Å². The van der Waals surface area contributed by atoms with Crippen LogP contribution in [0.4, 0.5) is 0 Å². The summed E-state index contributed by atoms with van der Waals surface area (Å²) in [7, 11) is 0. The van der Waals surface area contributed by atoms with E-state index in [4.69, 9.17) is 0 Å². The summed E-state index contributed by atoms with van der Waals surface area (Å²) in [6, 6.07) is 3.62. The fourth-order valence-electron chi connectivity index (χ4n) is 2.79. The van der Waals surface area contributed by atoms with Crippen molar-refractivity contribution >= 4 is 11.3 Å². The first-order chi connectivity index (χ1) is 8.31. The maximum absolute atomic E-state index is 3.83. The van der Waals surface area contributed by atoms with Crippen molar-refractivity contribution in [2.75, 3.05) is 0 Å². The summed E-state index contributed by atoms with van der Waals surface area (Å²) < 4.78 is 0. The summed E-state index contributed by atoms with van der Waals surface area (Å²) in [6.07, 6.45) is 9.37. The molecule has 1 heterocycles.